The number of esters is 1. The van der Waals surface area contributed by atoms with E-state index in [-0.39, 0.29) is 23.8 Å². The molecule has 2 aromatic heterocycles. The Labute approximate surface area is 240 Å². The Bertz CT molecular complexity index is 1710. The van der Waals surface area contributed by atoms with E-state index in [2.05, 4.69) is 38.5 Å². The van der Waals surface area contributed by atoms with Crippen molar-refractivity contribution in [1.29, 1.82) is 0 Å². The Morgan fingerprint density at radius 3 is 2.24 bits per heavy atom. The van der Waals surface area contributed by atoms with Gasteiger partial charge in [-0.25, -0.2) is 19.1 Å². The van der Waals surface area contributed by atoms with Gasteiger partial charge in [-0.1, -0.05) is 41.9 Å². The molecule has 0 saturated carbocycles. The van der Waals surface area contributed by atoms with Crippen molar-refractivity contribution in [2.75, 3.05) is 7.11 Å². The molecule has 1 N–H and O–H groups in total. The topological polar surface area (TPSA) is 121 Å². The van der Waals surface area contributed by atoms with Crippen LogP contribution in [0.3, 0.4) is 0 Å². The summed E-state index contributed by atoms with van der Waals surface area (Å²) in [6.07, 6.45) is 1.64. The molecule has 4 rings (SSSR count). The third-order valence-electron chi connectivity index (χ3n) is 6.59. The summed E-state index contributed by atoms with van der Waals surface area (Å²) in [5.41, 5.74) is 2.23. The zero-order chi connectivity index (χ0) is 29.7. The Balaban J connectivity index is 1.73. The molecule has 0 bridgehead atoms. The molecule has 13 heteroatoms. The van der Waals surface area contributed by atoms with E-state index in [1.165, 1.54) is 11.7 Å². The van der Waals surface area contributed by atoms with Crippen LogP contribution in [-0.4, -0.2) is 55.7 Å². The van der Waals surface area contributed by atoms with Gasteiger partial charge in [0, 0.05) is 12.2 Å². The van der Waals surface area contributed by atoms with E-state index in [0.717, 1.165) is 21.4 Å². The van der Waals surface area contributed by atoms with E-state index >= 15 is 0 Å². The summed E-state index contributed by atoms with van der Waals surface area (Å²) in [7, 11) is 7.66. The monoisotopic (exact) mass is 551 g/mol. The molecule has 0 unspecified atom stereocenters. The number of aryl methyl sites for hydroxylation is 1. The molecular formula is C28H32B3N5O5. The number of H-pyrrole nitrogens is 1. The standard InChI is InChI=1S/C28H32B3N5O5/c1-17(24(37)40-3)15-36-26(38)34-25(35(27(36)39)16-19-5-7-20(8-6-19)28(29,30)31)33-21-9-12-22(13-10-21)41-23-11-4-18(2)32-14-23/h4-14,17H,15-16,29-31H2,1-3H3,(H,33,34,38)/t17-/m0/s1. The fraction of sp³-hybridized carbons (Fsp3) is 0.250. The fourth-order valence-electron chi connectivity index (χ4n) is 4.15. The number of hydrogen-bond donors (Lipinski definition) is 1. The lowest BCUT2D eigenvalue weighted by molar-refractivity contribution is -0.145. The fourth-order valence-corrected chi connectivity index (χ4v) is 4.15. The second-order valence-electron chi connectivity index (χ2n) is 10.9. The van der Waals surface area contributed by atoms with Crippen molar-refractivity contribution >= 4 is 35.2 Å². The van der Waals surface area contributed by atoms with Gasteiger partial charge in [0.15, 0.2) is 0 Å². The smallest absolute Gasteiger partial charge is 0.335 e. The number of hydrogen-bond acceptors (Lipinski definition) is 7. The maximum atomic E-state index is 13.6. The minimum atomic E-state index is -0.697. The molecule has 2 heterocycles. The highest BCUT2D eigenvalue weighted by Gasteiger charge is 2.19. The summed E-state index contributed by atoms with van der Waals surface area (Å²) in [6.45, 7) is 3.52. The Kier molecular flexibility index (Phi) is 8.85. The molecule has 0 aliphatic heterocycles. The van der Waals surface area contributed by atoms with Crippen LogP contribution in [0.2, 0.25) is 0 Å². The van der Waals surface area contributed by atoms with Crippen LogP contribution in [0, 0.1) is 12.8 Å². The van der Waals surface area contributed by atoms with Crippen LogP contribution in [0.1, 0.15) is 23.7 Å². The van der Waals surface area contributed by atoms with Crippen LogP contribution in [0.25, 0.3) is 0 Å². The summed E-state index contributed by atoms with van der Waals surface area (Å²) in [6, 6.07) is 18.6. The van der Waals surface area contributed by atoms with Gasteiger partial charge in [0.05, 0.1) is 55.0 Å². The van der Waals surface area contributed by atoms with Gasteiger partial charge in [-0.3, -0.25) is 19.3 Å². The molecule has 4 aromatic rings. The number of nitrogens with one attached hydrogen (secondary N) is 1. The predicted octanol–water partition coefficient (Wildman–Crippen LogP) is -0.0668. The quantitative estimate of drug-likeness (QED) is 0.230. The van der Waals surface area contributed by atoms with Gasteiger partial charge in [0.25, 0.3) is 0 Å². The Morgan fingerprint density at radius 1 is 1.00 bits per heavy atom. The first-order valence-electron chi connectivity index (χ1n) is 13.3. The normalized spacial score (nSPS) is 12.6. The highest BCUT2D eigenvalue weighted by atomic mass is 16.5. The minimum absolute atomic E-state index is 0.0211. The number of pyridine rings is 1. The molecular weight excluding hydrogens is 519 g/mol. The molecule has 0 aliphatic carbocycles. The van der Waals surface area contributed by atoms with Crippen molar-refractivity contribution in [3.8, 4) is 11.5 Å². The molecule has 0 radical (unpaired) electrons. The maximum absolute atomic E-state index is 13.6. The summed E-state index contributed by atoms with van der Waals surface area (Å²) in [4.78, 5) is 50.2. The lowest BCUT2D eigenvalue weighted by atomic mass is 9.40. The molecule has 0 fully saturated rings. The van der Waals surface area contributed by atoms with Crippen LogP contribution in [0.15, 0.2) is 81.4 Å². The third-order valence-corrected chi connectivity index (χ3v) is 6.59. The summed E-state index contributed by atoms with van der Waals surface area (Å²) < 4.78 is 13.0. The molecule has 0 aliphatic rings. The van der Waals surface area contributed by atoms with E-state index in [4.69, 9.17) is 9.47 Å². The second kappa shape index (κ2) is 12.3. The van der Waals surface area contributed by atoms with E-state index in [9.17, 15) is 14.4 Å². The first-order valence-corrected chi connectivity index (χ1v) is 13.3. The van der Waals surface area contributed by atoms with Crippen LogP contribution in [0.5, 0.6) is 11.5 Å². The highest BCUT2D eigenvalue weighted by Crippen LogP contribution is 2.23. The average Bonchev–Trinajstić information content (AvgIpc) is 2.94. The van der Waals surface area contributed by atoms with Crippen molar-refractivity contribution in [2.24, 2.45) is 10.9 Å². The number of methoxy groups -OCH3 is 1. The lowest BCUT2D eigenvalue weighted by Crippen LogP contribution is -2.51. The second-order valence-corrected chi connectivity index (χ2v) is 10.9. The zero-order valence-electron chi connectivity index (χ0n) is 24.2. The van der Waals surface area contributed by atoms with Crippen molar-refractivity contribution in [3.63, 3.8) is 0 Å². The number of aromatic amines is 1. The number of nitrogens with zero attached hydrogens (tertiary/aromatic N) is 4. The first-order chi connectivity index (χ1) is 19.4. The predicted molar refractivity (Wildman–Crippen MR) is 164 cm³/mol. The van der Waals surface area contributed by atoms with Crippen molar-refractivity contribution in [2.45, 2.75) is 32.1 Å². The molecule has 41 heavy (non-hydrogen) atoms. The number of carbonyl (C=O) groups excluding carboxylic acids is 1. The van der Waals surface area contributed by atoms with E-state index < -0.39 is 23.3 Å². The molecule has 1 atom stereocenters. The van der Waals surface area contributed by atoms with Gasteiger partial charge in [0.1, 0.15) is 11.5 Å². The first kappa shape index (κ1) is 29.4. The number of aromatic nitrogens is 4. The van der Waals surface area contributed by atoms with Crippen LogP contribution in [0.4, 0.5) is 5.69 Å². The van der Waals surface area contributed by atoms with Gasteiger partial charge in [-0.2, -0.15) is 0 Å². The molecule has 10 nitrogen and oxygen atoms in total. The van der Waals surface area contributed by atoms with Gasteiger partial charge >= 0.3 is 17.3 Å². The van der Waals surface area contributed by atoms with E-state index in [1.807, 2.05) is 43.3 Å². The number of rotatable bonds is 9. The maximum Gasteiger partial charge on any atom is 0.335 e. The highest BCUT2D eigenvalue weighted by molar-refractivity contribution is 6.58. The molecule has 0 spiro atoms. The largest absolute Gasteiger partial charge is 0.469 e. The average molecular weight is 551 g/mol. The van der Waals surface area contributed by atoms with Crippen LogP contribution >= 0.6 is 0 Å². The summed E-state index contributed by atoms with van der Waals surface area (Å²) >= 11 is 0. The summed E-state index contributed by atoms with van der Waals surface area (Å²) in [5, 5.41) is -0.0211. The van der Waals surface area contributed by atoms with Gasteiger partial charge in [-0.05, 0) is 48.9 Å². The Morgan fingerprint density at radius 2 is 1.66 bits per heavy atom. The van der Waals surface area contributed by atoms with E-state index in [0.29, 0.717) is 17.2 Å². The van der Waals surface area contributed by atoms with Crippen molar-refractivity contribution in [1.82, 2.24) is 19.1 Å². The minimum Gasteiger partial charge on any atom is -0.469 e. The van der Waals surface area contributed by atoms with Crippen LogP contribution < -0.4 is 21.7 Å². The zero-order valence-corrected chi connectivity index (χ0v) is 24.2. The van der Waals surface area contributed by atoms with Crippen molar-refractivity contribution in [3.05, 3.63) is 110 Å². The Hall–Kier alpha value is -4.54. The van der Waals surface area contributed by atoms with Crippen LogP contribution in [-0.2, 0) is 27.7 Å². The SMILES string of the molecule is BC(B)(B)c1ccc(Cn2c(=O)n(C[C@H](C)C(=O)OC)c(=O)[nH]/c2=N\c2ccc(Oc3ccc(C)nc3)cc2)cc1. The summed E-state index contributed by atoms with van der Waals surface area (Å²) in [5.74, 6) is -0.0256. The van der Waals surface area contributed by atoms with Gasteiger partial charge in [0.2, 0.25) is 5.62 Å². The van der Waals surface area contributed by atoms with E-state index in [1.54, 1.807) is 37.4 Å². The van der Waals surface area contributed by atoms with Gasteiger partial charge < -0.3 is 9.47 Å². The van der Waals surface area contributed by atoms with Crippen molar-refractivity contribution < 1.29 is 14.3 Å². The molecule has 208 valence electrons. The number of ether oxygens (including phenoxy) is 2. The lowest BCUT2D eigenvalue weighted by Gasteiger charge is -2.19. The van der Waals surface area contributed by atoms with Gasteiger partial charge in [-0.15, -0.1) is 0 Å². The molecule has 0 saturated heterocycles. The number of carbonyl (C=O) groups is 1. The molecule has 0 amide bonds. The number of benzene rings is 2. The third kappa shape index (κ3) is 7.36. The molecule has 2 aromatic carbocycles.